The molecule has 1 amide bonds. The zero-order valence-corrected chi connectivity index (χ0v) is 11.9. The number of rotatable bonds is 7. The lowest BCUT2D eigenvalue weighted by molar-refractivity contribution is 0.0872. The Kier molecular flexibility index (Phi) is 6.36. The Bertz CT molecular complexity index is 405. The van der Waals surface area contributed by atoms with Crippen LogP contribution in [0.1, 0.15) is 37.6 Å². The van der Waals surface area contributed by atoms with Crippen molar-refractivity contribution >= 4 is 11.6 Å². The van der Waals surface area contributed by atoms with Gasteiger partial charge in [0.05, 0.1) is 11.7 Å². The molecule has 0 aliphatic rings. The van der Waals surface area contributed by atoms with Crippen molar-refractivity contribution in [3.63, 3.8) is 0 Å². The Morgan fingerprint density at radius 1 is 1.32 bits per heavy atom. The molecule has 0 radical (unpaired) electrons. The van der Waals surface area contributed by atoms with Crippen molar-refractivity contribution in [2.45, 2.75) is 33.3 Å². The Labute approximate surface area is 115 Å². The van der Waals surface area contributed by atoms with Crippen LogP contribution in [0.5, 0.6) is 0 Å². The maximum atomic E-state index is 12.1. The Morgan fingerprint density at radius 2 is 2.00 bits per heavy atom. The molecule has 0 spiro atoms. The molecule has 1 aromatic carbocycles. The van der Waals surface area contributed by atoms with Crippen molar-refractivity contribution in [2.75, 3.05) is 18.4 Å². The monoisotopic (exact) mass is 264 g/mol. The topological polar surface area (TPSA) is 61.4 Å². The summed E-state index contributed by atoms with van der Waals surface area (Å²) in [6.07, 6.45) is 0.488. The quantitative estimate of drug-likeness (QED) is 0.708. The highest BCUT2D eigenvalue weighted by atomic mass is 16.3. The highest BCUT2D eigenvalue weighted by molar-refractivity contribution is 5.99. The molecule has 0 aromatic heterocycles. The lowest BCUT2D eigenvalue weighted by Crippen LogP contribution is -2.35. The molecule has 1 rings (SSSR count). The zero-order chi connectivity index (χ0) is 14.3. The number of aliphatic hydroxyl groups excluding tert-OH is 1. The molecular weight excluding hydrogens is 240 g/mol. The molecule has 0 heterocycles. The van der Waals surface area contributed by atoms with Gasteiger partial charge in [-0.25, -0.2) is 0 Å². The standard InChI is InChI=1S/C15H24N2O2/c1-4-9-16-13-8-6-5-7-12(13)15(19)17-10-14(18)11(2)3/h5-8,11,14,16,18H,4,9-10H2,1-3H3,(H,17,19). The van der Waals surface area contributed by atoms with E-state index in [9.17, 15) is 9.90 Å². The molecule has 0 saturated carbocycles. The second-order valence-electron chi connectivity index (χ2n) is 4.99. The first-order chi connectivity index (χ1) is 9.06. The fourth-order valence-electron chi connectivity index (χ4n) is 1.62. The first kappa shape index (κ1) is 15.5. The third-order valence-corrected chi connectivity index (χ3v) is 2.98. The van der Waals surface area contributed by atoms with Crippen molar-refractivity contribution in [3.8, 4) is 0 Å². The van der Waals surface area contributed by atoms with Gasteiger partial charge in [0.1, 0.15) is 0 Å². The van der Waals surface area contributed by atoms with E-state index in [0.717, 1.165) is 18.7 Å². The number of aliphatic hydroxyl groups is 1. The van der Waals surface area contributed by atoms with Gasteiger partial charge >= 0.3 is 0 Å². The number of hydrogen-bond acceptors (Lipinski definition) is 3. The van der Waals surface area contributed by atoms with E-state index in [4.69, 9.17) is 0 Å². The van der Waals surface area contributed by atoms with Gasteiger partial charge in [-0.05, 0) is 24.5 Å². The number of benzene rings is 1. The molecule has 0 aliphatic heterocycles. The van der Waals surface area contributed by atoms with Crippen LogP contribution in [-0.4, -0.2) is 30.2 Å². The summed E-state index contributed by atoms with van der Waals surface area (Å²) in [6.45, 7) is 7.04. The van der Waals surface area contributed by atoms with Crippen molar-refractivity contribution in [3.05, 3.63) is 29.8 Å². The average molecular weight is 264 g/mol. The molecule has 4 nitrogen and oxygen atoms in total. The van der Waals surface area contributed by atoms with Crippen molar-refractivity contribution in [2.24, 2.45) is 5.92 Å². The summed E-state index contributed by atoms with van der Waals surface area (Å²) in [5, 5.41) is 15.7. The number of carbonyl (C=O) groups is 1. The van der Waals surface area contributed by atoms with Crippen molar-refractivity contribution < 1.29 is 9.90 Å². The summed E-state index contributed by atoms with van der Waals surface area (Å²) in [7, 11) is 0. The van der Waals surface area contributed by atoms with Crippen LogP contribution in [0.3, 0.4) is 0 Å². The number of carbonyl (C=O) groups excluding carboxylic acids is 1. The highest BCUT2D eigenvalue weighted by Gasteiger charge is 2.14. The summed E-state index contributed by atoms with van der Waals surface area (Å²) in [6, 6.07) is 7.42. The van der Waals surface area contributed by atoms with E-state index in [2.05, 4.69) is 17.6 Å². The molecule has 19 heavy (non-hydrogen) atoms. The molecular formula is C15H24N2O2. The normalized spacial score (nSPS) is 12.3. The maximum absolute atomic E-state index is 12.1. The molecule has 4 heteroatoms. The second-order valence-corrected chi connectivity index (χ2v) is 4.99. The van der Waals surface area contributed by atoms with Gasteiger partial charge in [0.15, 0.2) is 0 Å². The molecule has 1 unspecified atom stereocenters. The number of hydrogen-bond donors (Lipinski definition) is 3. The minimum absolute atomic E-state index is 0.133. The van der Waals surface area contributed by atoms with E-state index in [1.54, 1.807) is 6.07 Å². The van der Waals surface area contributed by atoms with Gasteiger partial charge in [-0.1, -0.05) is 32.9 Å². The predicted molar refractivity (Wildman–Crippen MR) is 78.4 cm³/mol. The minimum Gasteiger partial charge on any atom is -0.391 e. The van der Waals surface area contributed by atoms with Crippen LogP contribution < -0.4 is 10.6 Å². The molecule has 1 atom stereocenters. The van der Waals surface area contributed by atoms with Crippen LogP contribution >= 0.6 is 0 Å². The Morgan fingerprint density at radius 3 is 2.63 bits per heavy atom. The first-order valence-electron chi connectivity index (χ1n) is 6.85. The fourth-order valence-corrected chi connectivity index (χ4v) is 1.62. The number of nitrogens with one attached hydrogen (secondary N) is 2. The van der Waals surface area contributed by atoms with Gasteiger partial charge in [0.2, 0.25) is 0 Å². The molecule has 0 fully saturated rings. The van der Waals surface area contributed by atoms with Gasteiger partial charge in [-0.15, -0.1) is 0 Å². The van der Waals surface area contributed by atoms with E-state index >= 15 is 0 Å². The molecule has 3 N–H and O–H groups in total. The maximum Gasteiger partial charge on any atom is 0.253 e. The molecule has 0 aliphatic carbocycles. The predicted octanol–water partition coefficient (Wildman–Crippen LogP) is 2.26. The smallest absolute Gasteiger partial charge is 0.253 e. The zero-order valence-electron chi connectivity index (χ0n) is 11.9. The van der Waals surface area contributed by atoms with Crippen LogP contribution in [0.2, 0.25) is 0 Å². The van der Waals surface area contributed by atoms with E-state index < -0.39 is 6.10 Å². The van der Waals surface area contributed by atoms with Crippen LogP contribution in [0.25, 0.3) is 0 Å². The molecule has 0 saturated heterocycles. The summed E-state index contributed by atoms with van der Waals surface area (Å²) in [4.78, 5) is 12.1. The Balaban J connectivity index is 2.65. The van der Waals surface area contributed by atoms with E-state index in [-0.39, 0.29) is 18.4 Å². The van der Waals surface area contributed by atoms with Crippen LogP contribution in [0.4, 0.5) is 5.69 Å². The van der Waals surface area contributed by atoms with Crippen LogP contribution in [-0.2, 0) is 0 Å². The van der Waals surface area contributed by atoms with Gasteiger partial charge in [0, 0.05) is 18.8 Å². The fraction of sp³-hybridized carbons (Fsp3) is 0.533. The highest BCUT2D eigenvalue weighted by Crippen LogP contribution is 2.14. The van der Waals surface area contributed by atoms with Crippen LogP contribution in [0, 0.1) is 5.92 Å². The molecule has 0 bridgehead atoms. The van der Waals surface area contributed by atoms with Crippen molar-refractivity contribution in [1.82, 2.24) is 5.32 Å². The van der Waals surface area contributed by atoms with E-state index in [0.29, 0.717) is 5.56 Å². The SMILES string of the molecule is CCCNc1ccccc1C(=O)NCC(O)C(C)C. The first-order valence-corrected chi connectivity index (χ1v) is 6.85. The van der Waals surface area contributed by atoms with Gasteiger partial charge < -0.3 is 15.7 Å². The Hall–Kier alpha value is -1.55. The third-order valence-electron chi connectivity index (χ3n) is 2.98. The lowest BCUT2D eigenvalue weighted by Gasteiger charge is -2.16. The largest absolute Gasteiger partial charge is 0.391 e. The van der Waals surface area contributed by atoms with Crippen molar-refractivity contribution in [1.29, 1.82) is 0 Å². The molecule has 106 valence electrons. The number of para-hydroxylation sites is 1. The second kappa shape index (κ2) is 7.79. The van der Waals surface area contributed by atoms with Crippen LogP contribution in [0.15, 0.2) is 24.3 Å². The number of amides is 1. The van der Waals surface area contributed by atoms with E-state index in [1.807, 2.05) is 32.0 Å². The summed E-state index contributed by atoms with van der Waals surface area (Å²) >= 11 is 0. The van der Waals surface area contributed by atoms with Gasteiger partial charge in [-0.3, -0.25) is 4.79 Å². The summed E-state index contributed by atoms with van der Waals surface area (Å²) in [5.74, 6) is -0.0207. The molecule has 1 aromatic rings. The van der Waals surface area contributed by atoms with E-state index in [1.165, 1.54) is 0 Å². The van der Waals surface area contributed by atoms with Gasteiger partial charge in [-0.2, -0.15) is 0 Å². The lowest BCUT2D eigenvalue weighted by atomic mass is 10.1. The summed E-state index contributed by atoms with van der Waals surface area (Å²) in [5.41, 5.74) is 1.45. The number of anilines is 1. The average Bonchev–Trinajstić information content (AvgIpc) is 2.42. The van der Waals surface area contributed by atoms with Gasteiger partial charge in [0.25, 0.3) is 5.91 Å². The summed E-state index contributed by atoms with van der Waals surface area (Å²) < 4.78 is 0. The third kappa shape index (κ3) is 4.91. The minimum atomic E-state index is -0.514.